The number of hydrogen-bond acceptors (Lipinski definition) is 4. The first-order valence-electron chi connectivity index (χ1n) is 7.43. The highest BCUT2D eigenvalue weighted by Gasteiger charge is 2.17. The number of fused-ring (bicyclic) bond motifs is 1. The summed E-state index contributed by atoms with van der Waals surface area (Å²) in [6.07, 6.45) is 0.992. The number of carbonyl (C=O) groups is 1. The van der Waals surface area contributed by atoms with Gasteiger partial charge in [-0.2, -0.15) is 0 Å². The van der Waals surface area contributed by atoms with Crippen molar-refractivity contribution in [2.75, 3.05) is 18.5 Å². The van der Waals surface area contributed by atoms with E-state index in [9.17, 15) is 4.79 Å². The second-order valence-electron chi connectivity index (χ2n) is 5.34. The minimum atomic E-state index is -0.159. The Labute approximate surface area is 139 Å². The molecule has 0 atom stereocenters. The van der Waals surface area contributed by atoms with Crippen LogP contribution in [0.4, 0.5) is 5.82 Å². The summed E-state index contributed by atoms with van der Waals surface area (Å²) in [7, 11) is 0. The zero-order valence-electron chi connectivity index (χ0n) is 12.8. The number of aryl methyl sites for hydroxylation is 1. The number of rotatable bonds is 3. The number of carbonyl (C=O) groups excluding carboxylic acids is 1. The summed E-state index contributed by atoms with van der Waals surface area (Å²) >= 11 is 6.24. The highest BCUT2D eigenvalue weighted by molar-refractivity contribution is 6.32. The molecule has 1 amide bonds. The highest BCUT2D eigenvalue weighted by atomic mass is 35.5. The third kappa shape index (κ3) is 3.93. The van der Waals surface area contributed by atoms with Gasteiger partial charge in [-0.1, -0.05) is 17.7 Å². The van der Waals surface area contributed by atoms with Gasteiger partial charge >= 0.3 is 0 Å². The van der Waals surface area contributed by atoms with Gasteiger partial charge < -0.3 is 14.8 Å². The molecule has 0 saturated carbocycles. The van der Waals surface area contributed by atoms with Gasteiger partial charge in [-0.25, -0.2) is 4.98 Å². The Morgan fingerprint density at radius 3 is 2.96 bits per heavy atom. The van der Waals surface area contributed by atoms with E-state index in [1.165, 1.54) is 0 Å². The zero-order valence-corrected chi connectivity index (χ0v) is 13.5. The number of aromatic nitrogens is 1. The first kappa shape index (κ1) is 15.6. The number of halogens is 1. The average Bonchev–Trinajstić information content (AvgIpc) is 2.72. The van der Waals surface area contributed by atoms with Gasteiger partial charge in [0.05, 0.1) is 24.7 Å². The average molecular weight is 333 g/mol. The second kappa shape index (κ2) is 6.87. The molecule has 120 valence electrons. The standard InChI is InChI=1S/C17H17ClN2O3/c1-11-4-2-5-15(19-11)20-16(21)10-12-8-13(18)17-14(9-12)22-6-3-7-23-17/h2,4-5,8-9H,3,6-7,10H2,1H3,(H,19,20,21). The molecule has 0 unspecified atom stereocenters. The largest absolute Gasteiger partial charge is 0.489 e. The quantitative estimate of drug-likeness (QED) is 0.936. The zero-order chi connectivity index (χ0) is 16.2. The molecule has 1 aliphatic rings. The molecular formula is C17H17ClN2O3. The first-order valence-corrected chi connectivity index (χ1v) is 7.81. The van der Waals surface area contributed by atoms with Gasteiger partial charge in [-0.15, -0.1) is 0 Å². The summed E-state index contributed by atoms with van der Waals surface area (Å²) in [5.41, 5.74) is 1.62. The fraction of sp³-hybridized carbons (Fsp3) is 0.294. The lowest BCUT2D eigenvalue weighted by atomic mass is 10.1. The third-order valence-corrected chi connectivity index (χ3v) is 3.66. The SMILES string of the molecule is Cc1cccc(NC(=O)Cc2cc(Cl)c3c(c2)OCCCO3)n1. The van der Waals surface area contributed by atoms with E-state index in [2.05, 4.69) is 10.3 Å². The van der Waals surface area contributed by atoms with Crippen molar-refractivity contribution >= 4 is 23.3 Å². The number of nitrogens with zero attached hydrogens (tertiary/aromatic N) is 1. The molecule has 5 nitrogen and oxygen atoms in total. The number of anilines is 1. The van der Waals surface area contributed by atoms with E-state index in [4.69, 9.17) is 21.1 Å². The maximum absolute atomic E-state index is 12.2. The summed E-state index contributed by atoms with van der Waals surface area (Å²) in [6.45, 7) is 3.02. The maximum atomic E-state index is 12.2. The Morgan fingerprint density at radius 1 is 1.30 bits per heavy atom. The minimum Gasteiger partial charge on any atom is -0.489 e. The highest BCUT2D eigenvalue weighted by Crippen LogP contribution is 2.38. The summed E-state index contributed by atoms with van der Waals surface area (Å²) in [5.74, 6) is 1.52. The molecule has 6 heteroatoms. The van der Waals surface area contributed by atoms with Crippen LogP contribution in [0.25, 0.3) is 0 Å². The molecule has 0 spiro atoms. The Bertz CT molecular complexity index is 734. The van der Waals surface area contributed by atoms with Gasteiger partial charge in [0.25, 0.3) is 0 Å². The van der Waals surface area contributed by atoms with E-state index in [1.54, 1.807) is 18.2 Å². The molecule has 0 radical (unpaired) electrons. The second-order valence-corrected chi connectivity index (χ2v) is 5.75. The topological polar surface area (TPSA) is 60.5 Å². The molecule has 0 saturated heterocycles. The van der Waals surface area contributed by atoms with E-state index < -0.39 is 0 Å². The van der Waals surface area contributed by atoms with Crippen molar-refractivity contribution < 1.29 is 14.3 Å². The van der Waals surface area contributed by atoms with Gasteiger partial charge in [0.1, 0.15) is 5.82 Å². The number of nitrogens with one attached hydrogen (secondary N) is 1. The van der Waals surface area contributed by atoms with Crippen molar-refractivity contribution in [3.63, 3.8) is 0 Å². The third-order valence-electron chi connectivity index (χ3n) is 3.38. The van der Waals surface area contributed by atoms with E-state index in [1.807, 2.05) is 19.1 Å². The van der Waals surface area contributed by atoms with Crippen LogP contribution in [-0.4, -0.2) is 24.1 Å². The van der Waals surface area contributed by atoms with Crippen LogP contribution in [-0.2, 0) is 11.2 Å². The van der Waals surface area contributed by atoms with Crippen LogP contribution in [0, 0.1) is 6.92 Å². The predicted octanol–water partition coefficient (Wildman–Crippen LogP) is 3.39. The van der Waals surface area contributed by atoms with E-state index >= 15 is 0 Å². The molecule has 3 rings (SSSR count). The van der Waals surface area contributed by atoms with Crippen molar-refractivity contribution in [3.8, 4) is 11.5 Å². The lowest BCUT2D eigenvalue weighted by molar-refractivity contribution is -0.115. The lowest BCUT2D eigenvalue weighted by Gasteiger charge is -2.11. The van der Waals surface area contributed by atoms with Gasteiger partial charge in [0.2, 0.25) is 5.91 Å². The minimum absolute atomic E-state index is 0.159. The van der Waals surface area contributed by atoms with E-state index in [0.29, 0.717) is 35.6 Å². The molecule has 1 aliphatic heterocycles. The predicted molar refractivity (Wildman–Crippen MR) is 88.4 cm³/mol. The molecule has 0 fully saturated rings. The van der Waals surface area contributed by atoms with E-state index in [-0.39, 0.29) is 12.3 Å². The van der Waals surface area contributed by atoms with Gasteiger partial charge in [0.15, 0.2) is 11.5 Å². The number of ether oxygens (including phenoxy) is 2. The van der Waals surface area contributed by atoms with Crippen LogP contribution in [0.1, 0.15) is 17.7 Å². The van der Waals surface area contributed by atoms with Crippen LogP contribution >= 0.6 is 11.6 Å². The Kier molecular flexibility index (Phi) is 4.67. The van der Waals surface area contributed by atoms with Crippen molar-refractivity contribution in [2.24, 2.45) is 0 Å². The molecule has 23 heavy (non-hydrogen) atoms. The van der Waals surface area contributed by atoms with Crippen LogP contribution in [0.2, 0.25) is 5.02 Å². The van der Waals surface area contributed by atoms with Crippen molar-refractivity contribution in [2.45, 2.75) is 19.8 Å². The molecular weight excluding hydrogens is 316 g/mol. The van der Waals surface area contributed by atoms with Gasteiger partial charge in [-0.05, 0) is 36.8 Å². The number of pyridine rings is 1. The molecule has 1 N–H and O–H groups in total. The number of benzene rings is 1. The Balaban J connectivity index is 1.73. The number of hydrogen-bond donors (Lipinski definition) is 1. The van der Waals surface area contributed by atoms with Crippen molar-refractivity contribution in [1.29, 1.82) is 0 Å². The van der Waals surface area contributed by atoms with Crippen LogP contribution in [0.15, 0.2) is 30.3 Å². The Hall–Kier alpha value is -2.27. The van der Waals surface area contributed by atoms with Gasteiger partial charge in [-0.3, -0.25) is 4.79 Å². The van der Waals surface area contributed by atoms with E-state index in [0.717, 1.165) is 17.7 Å². The summed E-state index contributed by atoms with van der Waals surface area (Å²) < 4.78 is 11.2. The normalized spacial score (nSPS) is 13.3. The van der Waals surface area contributed by atoms with Crippen molar-refractivity contribution in [1.82, 2.24) is 4.98 Å². The molecule has 2 heterocycles. The van der Waals surface area contributed by atoms with Crippen LogP contribution in [0.5, 0.6) is 11.5 Å². The smallest absolute Gasteiger partial charge is 0.229 e. The first-order chi connectivity index (χ1) is 11.1. The maximum Gasteiger partial charge on any atom is 0.229 e. The van der Waals surface area contributed by atoms with Crippen LogP contribution in [0.3, 0.4) is 0 Å². The van der Waals surface area contributed by atoms with Crippen molar-refractivity contribution in [3.05, 3.63) is 46.6 Å². The molecule has 0 aliphatic carbocycles. The lowest BCUT2D eigenvalue weighted by Crippen LogP contribution is -2.15. The summed E-state index contributed by atoms with van der Waals surface area (Å²) in [6, 6.07) is 9.02. The summed E-state index contributed by atoms with van der Waals surface area (Å²) in [5, 5.41) is 3.24. The number of amides is 1. The Morgan fingerprint density at radius 2 is 2.13 bits per heavy atom. The fourth-order valence-electron chi connectivity index (χ4n) is 2.37. The molecule has 1 aromatic heterocycles. The molecule has 1 aromatic carbocycles. The molecule has 0 bridgehead atoms. The molecule has 2 aromatic rings. The van der Waals surface area contributed by atoms with Crippen LogP contribution < -0.4 is 14.8 Å². The summed E-state index contributed by atoms with van der Waals surface area (Å²) in [4.78, 5) is 16.4. The van der Waals surface area contributed by atoms with Gasteiger partial charge in [0, 0.05) is 12.1 Å². The monoisotopic (exact) mass is 332 g/mol. The fourth-order valence-corrected chi connectivity index (χ4v) is 2.66.